The van der Waals surface area contributed by atoms with Gasteiger partial charge in [0, 0.05) is 18.7 Å². The molecule has 0 aromatic carbocycles. The fraction of sp³-hybridized carbons (Fsp3) is 0.708. The summed E-state index contributed by atoms with van der Waals surface area (Å²) >= 11 is 0. The maximum absolute atomic E-state index is 13.2. The summed E-state index contributed by atoms with van der Waals surface area (Å²) in [6.07, 6.45) is -4.13. The number of rotatable bonds is 11. The van der Waals surface area contributed by atoms with Crippen LogP contribution in [0, 0.1) is 17.8 Å². The van der Waals surface area contributed by atoms with Crippen LogP contribution in [0.2, 0.25) is 0 Å². The van der Waals surface area contributed by atoms with Crippen molar-refractivity contribution in [2.24, 2.45) is 35.0 Å². The zero-order valence-electron chi connectivity index (χ0n) is 22.1. The van der Waals surface area contributed by atoms with Crippen molar-refractivity contribution in [1.82, 2.24) is 9.55 Å². The van der Waals surface area contributed by atoms with Gasteiger partial charge in [0.15, 0.2) is 23.3 Å². The van der Waals surface area contributed by atoms with E-state index in [-0.39, 0.29) is 23.6 Å². The van der Waals surface area contributed by atoms with E-state index in [1.54, 1.807) is 41.5 Å². The number of hydrogen-bond acceptors (Lipinski definition) is 11. The van der Waals surface area contributed by atoms with Gasteiger partial charge in [0.2, 0.25) is 5.91 Å². The number of aliphatic hydroxyl groups excluding tert-OH is 1. The summed E-state index contributed by atoms with van der Waals surface area (Å²) in [6, 6.07) is -1.63. The number of Topliss-reactive ketones (excluding diaryl/α,β-unsaturated/α-hetero) is 2. The Hall–Kier alpha value is -2.55. The van der Waals surface area contributed by atoms with E-state index in [0.29, 0.717) is 0 Å². The molecular formula is C24H40N6O7. The normalized spacial score (nSPS) is 25.2. The minimum absolute atomic E-state index is 0.0560. The van der Waals surface area contributed by atoms with Gasteiger partial charge in [-0.2, -0.15) is 4.98 Å². The van der Waals surface area contributed by atoms with E-state index >= 15 is 0 Å². The first-order chi connectivity index (χ1) is 17.0. The number of nitrogens with zero attached hydrogens (tertiary/aromatic N) is 2. The van der Waals surface area contributed by atoms with Gasteiger partial charge >= 0.3 is 5.69 Å². The van der Waals surface area contributed by atoms with Crippen molar-refractivity contribution < 1.29 is 29.3 Å². The van der Waals surface area contributed by atoms with Crippen molar-refractivity contribution in [2.45, 2.75) is 90.1 Å². The third-order valence-corrected chi connectivity index (χ3v) is 6.76. The maximum atomic E-state index is 13.2. The molecule has 0 aliphatic carbocycles. The largest absolute Gasteiger partial charge is 0.384 e. The lowest BCUT2D eigenvalue weighted by atomic mass is 9.79. The number of carbonyl (C=O) groups is 3. The van der Waals surface area contributed by atoms with Gasteiger partial charge in [-0.15, -0.1) is 0 Å². The topological polar surface area (TPSA) is 226 Å². The Kier molecular flexibility index (Phi) is 9.85. The number of anilines is 1. The van der Waals surface area contributed by atoms with E-state index in [9.17, 15) is 29.4 Å². The molecule has 2 heterocycles. The van der Waals surface area contributed by atoms with Crippen LogP contribution in [0.15, 0.2) is 17.1 Å². The molecule has 37 heavy (non-hydrogen) atoms. The van der Waals surface area contributed by atoms with Crippen LogP contribution in [-0.4, -0.2) is 73.2 Å². The Morgan fingerprint density at radius 3 is 2.14 bits per heavy atom. The zero-order chi connectivity index (χ0) is 28.4. The number of nitrogens with two attached hydrogens (primary N) is 3. The molecule has 1 aromatic rings. The second kappa shape index (κ2) is 11.9. The van der Waals surface area contributed by atoms with Gasteiger partial charge in [0.05, 0.1) is 12.1 Å². The molecular weight excluding hydrogens is 484 g/mol. The fourth-order valence-corrected chi connectivity index (χ4v) is 3.90. The second-order valence-corrected chi connectivity index (χ2v) is 10.7. The SMILES string of the molecule is CC(C)[C@H](N)C(O)C(=O)[C@H]1O[C@@H](n2ccc(NC(=O)[C@@H](N)C(C)C)nc2=O)C[C@@]1(O)C(=O)[C@@H](N)C(C)C. The molecule has 1 unspecified atom stereocenters. The summed E-state index contributed by atoms with van der Waals surface area (Å²) < 4.78 is 6.69. The monoisotopic (exact) mass is 524 g/mol. The molecule has 0 spiro atoms. The van der Waals surface area contributed by atoms with Crippen LogP contribution in [0.4, 0.5) is 5.82 Å². The third-order valence-electron chi connectivity index (χ3n) is 6.76. The lowest BCUT2D eigenvalue weighted by Crippen LogP contribution is -2.60. The van der Waals surface area contributed by atoms with E-state index < -0.39 is 71.7 Å². The number of nitrogens with one attached hydrogen (secondary N) is 1. The first-order valence-electron chi connectivity index (χ1n) is 12.3. The Morgan fingerprint density at radius 1 is 1.08 bits per heavy atom. The summed E-state index contributed by atoms with van der Waals surface area (Å²) in [5.41, 5.74) is 14.4. The summed E-state index contributed by atoms with van der Waals surface area (Å²) in [5, 5.41) is 24.5. The number of hydrogen-bond donors (Lipinski definition) is 6. The molecule has 0 bridgehead atoms. The van der Waals surface area contributed by atoms with Gasteiger partial charge in [-0.1, -0.05) is 41.5 Å². The number of carbonyl (C=O) groups excluding carboxylic acids is 3. The average Bonchev–Trinajstić information content (AvgIpc) is 3.18. The lowest BCUT2D eigenvalue weighted by molar-refractivity contribution is -0.161. The molecule has 1 aliphatic rings. The first kappa shape index (κ1) is 30.7. The molecule has 1 aromatic heterocycles. The summed E-state index contributed by atoms with van der Waals surface area (Å²) in [5.74, 6) is -3.26. The first-order valence-corrected chi connectivity index (χ1v) is 12.3. The van der Waals surface area contributed by atoms with E-state index in [1.165, 1.54) is 12.3 Å². The van der Waals surface area contributed by atoms with Gasteiger partial charge in [-0.05, 0) is 23.8 Å². The van der Waals surface area contributed by atoms with Crippen LogP contribution in [0.25, 0.3) is 0 Å². The van der Waals surface area contributed by atoms with E-state index in [0.717, 1.165) is 4.57 Å². The molecule has 208 valence electrons. The van der Waals surface area contributed by atoms with Gasteiger partial charge < -0.3 is 37.5 Å². The molecule has 9 N–H and O–H groups in total. The van der Waals surface area contributed by atoms with Gasteiger partial charge in [0.1, 0.15) is 18.1 Å². The highest BCUT2D eigenvalue weighted by Crippen LogP contribution is 2.39. The molecule has 7 atom stereocenters. The molecule has 2 rings (SSSR count). The Morgan fingerprint density at radius 2 is 1.65 bits per heavy atom. The zero-order valence-corrected chi connectivity index (χ0v) is 22.1. The van der Waals surface area contributed by atoms with Crippen LogP contribution >= 0.6 is 0 Å². The molecule has 0 radical (unpaired) electrons. The van der Waals surface area contributed by atoms with Crippen molar-refractivity contribution in [1.29, 1.82) is 0 Å². The van der Waals surface area contributed by atoms with E-state index in [2.05, 4.69) is 10.3 Å². The fourth-order valence-electron chi connectivity index (χ4n) is 3.90. The van der Waals surface area contributed by atoms with Crippen molar-refractivity contribution >= 4 is 23.3 Å². The average molecular weight is 525 g/mol. The van der Waals surface area contributed by atoms with Crippen molar-refractivity contribution in [3.8, 4) is 0 Å². The van der Waals surface area contributed by atoms with Crippen LogP contribution in [-0.2, 0) is 19.1 Å². The summed E-state index contributed by atoms with van der Waals surface area (Å²) in [7, 11) is 0. The molecule has 0 saturated carbocycles. The third kappa shape index (κ3) is 6.48. The molecule has 1 aliphatic heterocycles. The van der Waals surface area contributed by atoms with E-state index in [4.69, 9.17) is 21.9 Å². The second-order valence-electron chi connectivity index (χ2n) is 10.7. The molecule has 13 heteroatoms. The highest BCUT2D eigenvalue weighted by Gasteiger charge is 2.59. The number of ether oxygens (including phenoxy) is 1. The predicted molar refractivity (Wildman–Crippen MR) is 135 cm³/mol. The van der Waals surface area contributed by atoms with E-state index in [1.807, 2.05) is 0 Å². The number of aromatic nitrogens is 2. The molecule has 13 nitrogen and oxygen atoms in total. The van der Waals surface area contributed by atoms with Crippen LogP contribution in [0.3, 0.4) is 0 Å². The Balaban J connectivity index is 2.42. The Bertz CT molecular complexity index is 1060. The summed E-state index contributed by atoms with van der Waals surface area (Å²) in [6.45, 7) is 10.3. The minimum atomic E-state index is -2.43. The quantitative estimate of drug-likeness (QED) is 0.198. The molecule has 1 saturated heterocycles. The standard InChI is InChI=1S/C24H40N6O7/c1-10(2)15(25)18(31)19(32)21-24(36,20(33)16(26)11(3)4)9-14(37-21)30-8-7-13(29-23(30)35)28-22(34)17(27)12(5)6/h7-8,10-12,14-18,21,31,36H,9,25-27H2,1-6H3,(H,28,29,34,35)/t14-,15+,16+,17+,18?,21-,24-/m1/s1. The lowest BCUT2D eigenvalue weighted by Gasteiger charge is -2.32. The number of aliphatic hydroxyl groups is 2. The highest BCUT2D eigenvalue weighted by atomic mass is 16.5. The minimum Gasteiger partial charge on any atom is -0.384 e. The van der Waals surface area contributed by atoms with Gasteiger partial charge in [-0.25, -0.2) is 4.79 Å². The van der Waals surface area contributed by atoms with Crippen molar-refractivity contribution in [2.75, 3.05) is 5.32 Å². The maximum Gasteiger partial charge on any atom is 0.351 e. The Labute approximate surface area is 215 Å². The van der Waals surface area contributed by atoms with Crippen LogP contribution < -0.4 is 28.2 Å². The predicted octanol–water partition coefficient (Wildman–Crippen LogP) is -1.35. The van der Waals surface area contributed by atoms with Crippen molar-refractivity contribution in [3.63, 3.8) is 0 Å². The van der Waals surface area contributed by atoms with Gasteiger partial charge in [-0.3, -0.25) is 19.0 Å². The number of amides is 1. The summed E-state index contributed by atoms with van der Waals surface area (Å²) in [4.78, 5) is 55.2. The molecule has 1 amide bonds. The van der Waals surface area contributed by atoms with Crippen molar-refractivity contribution in [3.05, 3.63) is 22.7 Å². The van der Waals surface area contributed by atoms with Crippen LogP contribution in [0.5, 0.6) is 0 Å². The highest BCUT2D eigenvalue weighted by molar-refractivity contribution is 6.01. The smallest absolute Gasteiger partial charge is 0.351 e. The number of ketones is 2. The van der Waals surface area contributed by atoms with Gasteiger partial charge in [0.25, 0.3) is 0 Å². The molecule has 1 fully saturated rings. The van der Waals surface area contributed by atoms with Crippen LogP contribution in [0.1, 0.15) is 54.2 Å².